The number of rotatable bonds is 1. The Morgan fingerprint density at radius 2 is 1.26 bits per heavy atom. The summed E-state index contributed by atoms with van der Waals surface area (Å²) in [5, 5.41) is 6.15. The van der Waals surface area contributed by atoms with Gasteiger partial charge in [-0.3, -0.25) is 0 Å². The van der Waals surface area contributed by atoms with Crippen molar-refractivity contribution >= 4 is 32.5 Å². The first-order chi connectivity index (χ1) is 13.4. The largest absolute Gasteiger partial charge is 0.455 e. The molecule has 27 heavy (non-hydrogen) atoms. The molecule has 0 radical (unpaired) electrons. The highest BCUT2D eigenvalue weighted by Crippen LogP contribution is 2.47. The molecule has 4 aromatic rings. The normalized spacial score (nSPS) is 11.7. The Labute approximate surface area is 156 Å². The average Bonchev–Trinajstić information content (AvgIpc) is 3.13. The molecule has 1 nitrogen and oxygen atoms in total. The molecule has 0 unspecified atom stereocenters. The molecule has 6 rings (SSSR count). The van der Waals surface area contributed by atoms with E-state index in [4.69, 9.17) is 4.42 Å². The minimum atomic E-state index is 0.926. The minimum Gasteiger partial charge on any atom is -0.455 e. The first-order valence-corrected chi connectivity index (χ1v) is 9.21. The van der Waals surface area contributed by atoms with Gasteiger partial charge in [0.25, 0.3) is 0 Å². The van der Waals surface area contributed by atoms with Crippen molar-refractivity contribution in [2.45, 2.75) is 0 Å². The molecule has 0 saturated heterocycles. The van der Waals surface area contributed by atoms with Gasteiger partial charge in [0.15, 0.2) is 0 Å². The maximum atomic E-state index is 6.54. The van der Waals surface area contributed by atoms with Crippen molar-refractivity contribution in [3.8, 4) is 22.5 Å². The molecule has 0 atom stereocenters. The number of fused-ring (bicyclic) bond motifs is 7. The van der Waals surface area contributed by atoms with Crippen molar-refractivity contribution in [3.05, 3.63) is 97.1 Å². The van der Waals surface area contributed by atoms with Gasteiger partial charge in [-0.15, -0.1) is 0 Å². The molecule has 0 aromatic heterocycles. The second kappa shape index (κ2) is 5.46. The van der Waals surface area contributed by atoms with Crippen LogP contribution in [0.5, 0.6) is 0 Å². The Hall–Kier alpha value is -3.58. The van der Waals surface area contributed by atoms with Gasteiger partial charge in [-0.2, -0.15) is 0 Å². The van der Waals surface area contributed by atoms with Crippen LogP contribution in [0.4, 0.5) is 0 Å². The summed E-state index contributed by atoms with van der Waals surface area (Å²) in [7, 11) is 0. The van der Waals surface area contributed by atoms with Crippen LogP contribution in [0.2, 0.25) is 0 Å². The average molecular weight is 344 g/mol. The second-order valence-electron chi connectivity index (χ2n) is 6.98. The van der Waals surface area contributed by atoms with Gasteiger partial charge in [0, 0.05) is 16.5 Å². The van der Waals surface area contributed by atoms with Crippen LogP contribution in [-0.2, 0) is 0 Å². The second-order valence-corrected chi connectivity index (χ2v) is 6.98. The van der Waals surface area contributed by atoms with Crippen molar-refractivity contribution in [2.24, 2.45) is 0 Å². The third-order valence-corrected chi connectivity index (χ3v) is 5.43. The summed E-state index contributed by atoms with van der Waals surface area (Å²) in [5.74, 6) is 0.939. The summed E-state index contributed by atoms with van der Waals surface area (Å²) in [4.78, 5) is 0. The van der Waals surface area contributed by atoms with Gasteiger partial charge in [0.2, 0.25) is 0 Å². The van der Waals surface area contributed by atoms with Crippen LogP contribution in [0.25, 0.3) is 55.0 Å². The van der Waals surface area contributed by atoms with Gasteiger partial charge in [-0.05, 0) is 39.2 Å². The Balaban J connectivity index is 1.89. The molecular weight excluding hydrogens is 328 g/mol. The zero-order valence-electron chi connectivity index (χ0n) is 14.6. The molecular formula is C26H16O. The zero-order valence-corrected chi connectivity index (χ0v) is 14.6. The summed E-state index contributed by atoms with van der Waals surface area (Å²) >= 11 is 0. The molecule has 0 fully saturated rings. The molecule has 0 spiro atoms. The Morgan fingerprint density at radius 1 is 0.556 bits per heavy atom. The molecule has 2 aliphatic rings. The van der Waals surface area contributed by atoms with E-state index in [-0.39, 0.29) is 0 Å². The topological polar surface area (TPSA) is 13.1 Å². The molecule has 1 aliphatic carbocycles. The van der Waals surface area contributed by atoms with Crippen molar-refractivity contribution < 1.29 is 4.42 Å². The Morgan fingerprint density at radius 3 is 2.11 bits per heavy atom. The predicted molar refractivity (Wildman–Crippen MR) is 113 cm³/mol. The van der Waals surface area contributed by atoms with Crippen molar-refractivity contribution in [1.29, 1.82) is 0 Å². The zero-order chi connectivity index (χ0) is 17.8. The van der Waals surface area contributed by atoms with E-state index in [0.717, 1.165) is 16.9 Å². The fourth-order valence-corrected chi connectivity index (χ4v) is 4.23. The van der Waals surface area contributed by atoms with Crippen LogP contribution < -0.4 is 0 Å². The van der Waals surface area contributed by atoms with E-state index in [0.29, 0.717) is 0 Å². The van der Waals surface area contributed by atoms with E-state index in [1.807, 2.05) is 6.07 Å². The van der Waals surface area contributed by atoms with Crippen LogP contribution in [0.1, 0.15) is 0 Å². The smallest absolute Gasteiger partial charge is 0.143 e. The monoisotopic (exact) mass is 344 g/mol. The van der Waals surface area contributed by atoms with Crippen LogP contribution >= 0.6 is 0 Å². The SMILES string of the molecule is c1ccc(-c2oc3ccc4ccccc4c3c3cc4ccccc4c2-3)cc1. The van der Waals surface area contributed by atoms with Gasteiger partial charge >= 0.3 is 0 Å². The molecule has 0 saturated carbocycles. The predicted octanol–water partition coefficient (Wildman–Crippen LogP) is 7.51. The Kier molecular flexibility index (Phi) is 2.95. The molecule has 0 N–H and O–H groups in total. The van der Waals surface area contributed by atoms with Crippen LogP contribution in [0, 0.1) is 0 Å². The van der Waals surface area contributed by atoms with Crippen LogP contribution in [-0.4, -0.2) is 0 Å². The van der Waals surface area contributed by atoms with E-state index in [1.165, 1.54) is 38.1 Å². The third kappa shape index (κ3) is 2.06. The summed E-state index contributed by atoms with van der Waals surface area (Å²) in [6.45, 7) is 0. The molecule has 1 aliphatic heterocycles. The van der Waals surface area contributed by atoms with E-state index in [9.17, 15) is 0 Å². The number of hydrogen-bond acceptors (Lipinski definition) is 1. The molecule has 1 heteroatoms. The lowest BCUT2D eigenvalue weighted by Gasteiger charge is -2.14. The summed E-state index contributed by atoms with van der Waals surface area (Å²) in [5.41, 5.74) is 4.48. The van der Waals surface area contributed by atoms with Gasteiger partial charge < -0.3 is 4.42 Å². The molecule has 0 amide bonds. The van der Waals surface area contributed by atoms with Crippen molar-refractivity contribution in [2.75, 3.05) is 0 Å². The lowest BCUT2D eigenvalue weighted by Crippen LogP contribution is -1.88. The van der Waals surface area contributed by atoms with Crippen molar-refractivity contribution in [1.82, 2.24) is 0 Å². The van der Waals surface area contributed by atoms with Gasteiger partial charge in [0.05, 0.1) is 0 Å². The highest BCUT2D eigenvalue weighted by atomic mass is 16.3. The number of hydrogen-bond donors (Lipinski definition) is 0. The maximum Gasteiger partial charge on any atom is 0.143 e. The third-order valence-electron chi connectivity index (χ3n) is 5.43. The maximum absolute atomic E-state index is 6.54. The highest BCUT2D eigenvalue weighted by Gasteiger charge is 2.22. The van der Waals surface area contributed by atoms with Gasteiger partial charge in [0.1, 0.15) is 11.3 Å². The quantitative estimate of drug-likeness (QED) is 0.281. The summed E-state index contributed by atoms with van der Waals surface area (Å²) < 4.78 is 6.54. The number of benzene rings is 4. The highest BCUT2D eigenvalue weighted by molar-refractivity contribution is 6.20. The van der Waals surface area contributed by atoms with Crippen molar-refractivity contribution in [3.63, 3.8) is 0 Å². The van der Waals surface area contributed by atoms with E-state index < -0.39 is 0 Å². The summed E-state index contributed by atoms with van der Waals surface area (Å²) in [6.07, 6.45) is 0. The first-order valence-electron chi connectivity index (χ1n) is 9.21. The standard InChI is InChI=1S/C26H16O/c1-2-9-18(10-3-1)26-25-21-13-7-5-11-19(21)16-22(25)24-20-12-6-4-8-17(20)14-15-23(24)27-26/h1-16H. The van der Waals surface area contributed by atoms with Crippen LogP contribution in [0.3, 0.4) is 0 Å². The Bertz CT molecular complexity index is 1410. The summed E-state index contributed by atoms with van der Waals surface area (Å²) in [6, 6.07) is 34.1. The van der Waals surface area contributed by atoms with E-state index in [2.05, 4.69) is 91.0 Å². The van der Waals surface area contributed by atoms with Gasteiger partial charge in [-0.25, -0.2) is 0 Å². The molecule has 1 heterocycles. The van der Waals surface area contributed by atoms with Gasteiger partial charge in [-0.1, -0.05) is 84.9 Å². The fraction of sp³-hybridized carbons (Fsp3) is 0. The molecule has 4 aromatic carbocycles. The molecule has 0 bridgehead atoms. The van der Waals surface area contributed by atoms with E-state index >= 15 is 0 Å². The lowest BCUT2D eigenvalue weighted by atomic mass is 9.95. The fourth-order valence-electron chi connectivity index (χ4n) is 4.23. The molecule has 126 valence electrons. The lowest BCUT2D eigenvalue weighted by molar-refractivity contribution is 0.623. The minimum absolute atomic E-state index is 0.926. The van der Waals surface area contributed by atoms with E-state index in [1.54, 1.807) is 0 Å². The first kappa shape index (κ1) is 14.6. The van der Waals surface area contributed by atoms with Crippen LogP contribution in [0.15, 0.2) is 101 Å².